The molecule has 0 aliphatic carbocycles. The molecular weight excluding hydrogens is 388 g/mol. The van der Waals surface area contributed by atoms with E-state index in [2.05, 4.69) is 20.5 Å². The van der Waals surface area contributed by atoms with Crippen molar-refractivity contribution in [2.24, 2.45) is 0 Å². The normalized spacial score (nSPS) is 10.9. The van der Waals surface area contributed by atoms with Crippen LogP contribution in [0.5, 0.6) is 0 Å². The number of thioether (sulfide) groups is 1. The summed E-state index contributed by atoms with van der Waals surface area (Å²) in [6.07, 6.45) is 0. The SMILES string of the molecule is CCN(CC)C(=O)c1ccc(NC(=O)CSc2nnc3nc(C)cc(C)n23)cc1. The number of rotatable bonds is 7. The van der Waals surface area contributed by atoms with Crippen molar-refractivity contribution < 1.29 is 9.59 Å². The summed E-state index contributed by atoms with van der Waals surface area (Å²) in [6, 6.07) is 8.88. The molecule has 0 fully saturated rings. The van der Waals surface area contributed by atoms with Crippen molar-refractivity contribution in [2.45, 2.75) is 32.9 Å². The van der Waals surface area contributed by atoms with Crippen molar-refractivity contribution in [3.05, 3.63) is 47.3 Å². The van der Waals surface area contributed by atoms with Crippen LogP contribution in [0.1, 0.15) is 35.6 Å². The van der Waals surface area contributed by atoms with Crippen LogP contribution in [0, 0.1) is 13.8 Å². The van der Waals surface area contributed by atoms with Gasteiger partial charge in [0.2, 0.25) is 5.91 Å². The molecule has 8 nitrogen and oxygen atoms in total. The number of fused-ring (bicyclic) bond motifs is 1. The van der Waals surface area contributed by atoms with Gasteiger partial charge >= 0.3 is 0 Å². The zero-order chi connectivity index (χ0) is 21.0. The lowest BCUT2D eigenvalue weighted by molar-refractivity contribution is -0.113. The fourth-order valence-electron chi connectivity index (χ4n) is 3.01. The van der Waals surface area contributed by atoms with Crippen molar-refractivity contribution in [2.75, 3.05) is 24.2 Å². The van der Waals surface area contributed by atoms with E-state index in [1.165, 1.54) is 11.8 Å². The third-order valence-corrected chi connectivity index (χ3v) is 5.39. The Morgan fingerprint density at radius 3 is 2.45 bits per heavy atom. The van der Waals surface area contributed by atoms with Crippen molar-refractivity contribution in [1.29, 1.82) is 0 Å². The molecule has 152 valence electrons. The first kappa shape index (κ1) is 20.8. The van der Waals surface area contributed by atoms with Crippen molar-refractivity contribution >= 4 is 35.0 Å². The lowest BCUT2D eigenvalue weighted by Gasteiger charge is -2.18. The van der Waals surface area contributed by atoms with Crippen molar-refractivity contribution in [1.82, 2.24) is 24.5 Å². The topological polar surface area (TPSA) is 92.5 Å². The largest absolute Gasteiger partial charge is 0.339 e. The van der Waals surface area contributed by atoms with Crippen LogP contribution in [0.2, 0.25) is 0 Å². The smallest absolute Gasteiger partial charge is 0.256 e. The van der Waals surface area contributed by atoms with Gasteiger partial charge in [-0.1, -0.05) is 11.8 Å². The maximum absolute atomic E-state index is 12.3. The molecule has 2 heterocycles. The summed E-state index contributed by atoms with van der Waals surface area (Å²) in [4.78, 5) is 30.8. The van der Waals surface area contributed by atoms with Crippen LogP contribution in [-0.2, 0) is 4.79 Å². The predicted molar refractivity (Wildman–Crippen MR) is 113 cm³/mol. The van der Waals surface area contributed by atoms with E-state index in [9.17, 15) is 9.59 Å². The van der Waals surface area contributed by atoms with E-state index in [0.717, 1.165) is 11.4 Å². The third-order valence-electron chi connectivity index (χ3n) is 4.46. The van der Waals surface area contributed by atoms with E-state index in [1.54, 1.807) is 29.2 Å². The Kier molecular flexibility index (Phi) is 6.48. The van der Waals surface area contributed by atoms with Gasteiger partial charge in [0.15, 0.2) is 5.16 Å². The van der Waals surface area contributed by atoms with Crippen LogP contribution in [0.15, 0.2) is 35.5 Å². The molecule has 0 spiro atoms. The van der Waals surface area contributed by atoms with Crippen LogP contribution >= 0.6 is 11.8 Å². The molecule has 0 atom stereocenters. The molecule has 0 saturated heterocycles. The second kappa shape index (κ2) is 9.04. The van der Waals surface area contributed by atoms with Crippen LogP contribution in [0.3, 0.4) is 0 Å². The Morgan fingerprint density at radius 2 is 1.79 bits per heavy atom. The summed E-state index contributed by atoms with van der Waals surface area (Å²) in [5.41, 5.74) is 3.09. The van der Waals surface area contributed by atoms with Gasteiger partial charge in [-0.3, -0.25) is 14.0 Å². The standard InChI is InChI=1S/C20H24N6O2S/c1-5-25(6-2)18(28)15-7-9-16(10-8-15)22-17(27)12-29-20-24-23-19-21-13(3)11-14(4)26(19)20/h7-11H,5-6,12H2,1-4H3,(H,22,27). The fourth-order valence-corrected chi connectivity index (χ4v) is 3.80. The number of aryl methyl sites for hydroxylation is 2. The number of nitrogens with one attached hydrogen (secondary N) is 1. The molecule has 0 saturated carbocycles. The number of anilines is 1. The molecule has 2 amide bonds. The summed E-state index contributed by atoms with van der Waals surface area (Å²) in [6.45, 7) is 9.09. The first-order chi connectivity index (χ1) is 13.9. The number of hydrogen-bond acceptors (Lipinski definition) is 6. The van der Waals surface area contributed by atoms with Crippen molar-refractivity contribution in [3.8, 4) is 0 Å². The summed E-state index contributed by atoms with van der Waals surface area (Å²) in [5, 5.41) is 11.7. The van der Waals surface area contributed by atoms with Crippen LogP contribution in [0.4, 0.5) is 5.69 Å². The second-order valence-corrected chi connectivity index (χ2v) is 7.49. The Bertz CT molecular complexity index is 1030. The van der Waals surface area contributed by atoms with Crippen molar-refractivity contribution in [3.63, 3.8) is 0 Å². The van der Waals surface area contributed by atoms with E-state index in [0.29, 0.717) is 35.3 Å². The highest BCUT2D eigenvalue weighted by Gasteiger charge is 2.14. The average Bonchev–Trinajstić information content (AvgIpc) is 3.11. The first-order valence-corrected chi connectivity index (χ1v) is 10.4. The monoisotopic (exact) mass is 412 g/mol. The molecule has 29 heavy (non-hydrogen) atoms. The lowest BCUT2D eigenvalue weighted by atomic mass is 10.2. The Labute approximate surface area is 173 Å². The van der Waals surface area contributed by atoms with E-state index in [1.807, 2.05) is 38.2 Å². The highest BCUT2D eigenvalue weighted by molar-refractivity contribution is 7.99. The van der Waals surface area contributed by atoms with Crippen LogP contribution in [-0.4, -0.2) is 55.1 Å². The Hall–Kier alpha value is -2.94. The number of aromatic nitrogens is 4. The van der Waals surface area contributed by atoms with Gasteiger partial charge in [-0.05, 0) is 58.0 Å². The third kappa shape index (κ3) is 4.73. The zero-order valence-electron chi connectivity index (χ0n) is 17.0. The van der Waals surface area contributed by atoms with Gasteiger partial charge in [0.25, 0.3) is 11.7 Å². The molecule has 0 aliphatic heterocycles. The number of carbonyl (C=O) groups excluding carboxylic acids is 2. The molecule has 2 aromatic heterocycles. The Morgan fingerprint density at radius 1 is 1.10 bits per heavy atom. The van der Waals surface area contributed by atoms with Crippen LogP contribution < -0.4 is 5.32 Å². The summed E-state index contributed by atoms with van der Waals surface area (Å²) in [5.74, 6) is 0.543. The quantitative estimate of drug-likeness (QED) is 0.600. The molecule has 3 rings (SSSR count). The number of benzene rings is 1. The summed E-state index contributed by atoms with van der Waals surface area (Å²) >= 11 is 1.30. The molecule has 1 aromatic carbocycles. The number of amides is 2. The van der Waals surface area contributed by atoms with Gasteiger partial charge < -0.3 is 10.2 Å². The maximum Gasteiger partial charge on any atom is 0.256 e. The number of carbonyl (C=O) groups is 2. The maximum atomic E-state index is 12.3. The van der Waals surface area contributed by atoms with E-state index >= 15 is 0 Å². The summed E-state index contributed by atoms with van der Waals surface area (Å²) in [7, 11) is 0. The first-order valence-electron chi connectivity index (χ1n) is 9.44. The second-order valence-electron chi connectivity index (χ2n) is 6.55. The van der Waals surface area contributed by atoms with Gasteiger partial charge in [-0.15, -0.1) is 10.2 Å². The average molecular weight is 413 g/mol. The highest BCUT2D eigenvalue weighted by Crippen LogP contribution is 2.19. The predicted octanol–water partition coefficient (Wildman–Crippen LogP) is 2.95. The number of nitrogens with zero attached hydrogens (tertiary/aromatic N) is 5. The van der Waals surface area contributed by atoms with Gasteiger partial charge in [-0.25, -0.2) is 4.98 Å². The minimum atomic E-state index is -0.160. The minimum absolute atomic E-state index is 0.0127. The molecule has 0 unspecified atom stereocenters. The van der Waals surface area contributed by atoms with Gasteiger partial charge in [0, 0.05) is 35.7 Å². The van der Waals surface area contributed by atoms with E-state index in [4.69, 9.17) is 0 Å². The fraction of sp³-hybridized carbons (Fsp3) is 0.350. The Balaban J connectivity index is 1.61. The number of hydrogen-bond donors (Lipinski definition) is 1. The molecule has 9 heteroatoms. The van der Waals surface area contributed by atoms with Gasteiger partial charge in [0.05, 0.1) is 5.75 Å². The molecule has 1 N–H and O–H groups in total. The highest BCUT2D eigenvalue weighted by atomic mass is 32.2. The van der Waals surface area contributed by atoms with Gasteiger partial charge in [-0.2, -0.15) is 0 Å². The van der Waals surface area contributed by atoms with E-state index in [-0.39, 0.29) is 17.6 Å². The summed E-state index contributed by atoms with van der Waals surface area (Å²) < 4.78 is 1.83. The van der Waals surface area contributed by atoms with E-state index < -0.39 is 0 Å². The molecule has 3 aromatic rings. The molecule has 0 aliphatic rings. The van der Waals surface area contributed by atoms with Crippen LogP contribution in [0.25, 0.3) is 5.78 Å². The lowest BCUT2D eigenvalue weighted by Crippen LogP contribution is -2.30. The van der Waals surface area contributed by atoms with Gasteiger partial charge in [0.1, 0.15) is 0 Å². The minimum Gasteiger partial charge on any atom is -0.339 e. The zero-order valence-corrected chi connectivity index (χ0v) is 17.8. The molecule has 0 radical (unpaired) electrons. The molecule has 0 bridgehead atoms. The molecular formula is C20H24N6O2S.